The lowest BCUT2D eigenvalue weighted by Gasteiger charge is -2.33. The summed E-state index contributed by atoms with van der Waals surface area (Å²) in [5.74, 6) is -0.683. The first-order valence-electron chi connectivity index (χ1n) is 8.56. The summed E-state index contributed by atoms with van der Waals surface area (Å²) in [6, 6.07) is 9.01. The molecule has 2 heterocycles. The third-order valence-corrected chi connectivity index (χ3v) is 4.77. The summed E-state index contributed by atoms with van der Waals surface area (Å²) in [5.41, 5.74) is 3.17. The van der Waals surface area contributed by atoms with Crippen LogP contribution in [0.2, 0.25) is 0 Å². The van der Waals surface area contributed by atoms with Crippen molar-refractivity contribution in [3.05, 3.63) is 52.8 Å². The molecule has 0 spiro atoms. The standard InChI is InChI=1S/C19H23N3O3/c1-13-9-14(2)22(20-13)12-18(23)21-8-4-7-17(11-21)15-5-3-6-16(10-15)19(24)25/h3,5-6,9-10,17H,4,7-8,11-12H2,1-2H3,(H,24,25)/t17-/m1/s1. The number of aromatic nitrogens is 2. The number of likely N-dealkylation sites (tertiary alicyclic amines) is 1. The van der Waals surface area contributed by atoms with E-state index in [4.69, 9.17) is 5.11 Å². The number of carbonyl (C=O) groups excluding carboxylic acids is 1. The normalized spacial score (nSPS) is 17.5. The molecule has 0 radical (unpaired) electrons. The second-order valence-corrected chi connectivity index (χ2v) is 6.69. The maximum absolute atomic E-state index is 12.7. The van der Waals surface area contributed by atoms with Crippen LogP contribution in [0.4, 0.5) is 0 Å². The van der Waals surface area contributed by atoms with Gasteiger partial charge in [-0.1, -0.05) is 12.1 Å². The first-order valence-corrected chi connectivity index (χ1v) is 8.56. The van der Waals surface area contributed by atoms with Crippen molar-refractivity contribution < 1.29 is 14.7 Å². The highest BCUT2D eigenvalue weighted by molar-refractivity contribution is 5.87. The Morgan fingerprint density at radius 2 is 2.08 bits per heavy atom. The molecule has 1 aromatic heterocycles. The number of hydrogen-bond acceptors (Lipinski definition) is 3. The Labute approximate surface area is 147 Å². The molecule has 1 atom stereocenters. The smallest absolute Gasteiger partial charge is 0.335 e. The predicted octanol–water partition coefficient (Wildman–Crippen LogP) is 2.60. The van der Waals surface area contributed by atoms with Crippen molar-refractivity contribution in [2.24, 2.45) is 0 Å². The Kier molecular flexibility index (Phi) is 4.88. The maximum Gasteiger partial charge on any atom is 0.335 e. The maximum atomic E-state index is 12.7. The van der Waals surface area contributed by atoms with Gasteiger partial charge in [-0.25, -0.2) is 4.79 Å². The number of carboxylic acids is 1. The number of carbonyl (C=O) groups is 2. The minimum atomic E-state index is -0.921. The molecule has 1 N–H and O–H groups in total. The van der Waals surface area contributed by atoms with Crippen LogP contribution < -0.4 is 0 Å². The summed E-state index contributed by atoms with van der Waals surface area (Å²) in [7, 11) is 0. The summed E-state index contributed by atoms with van der Waals surface area (Å²) < 4.78 is 1.74. The lowest BCUT2D eigenvalue weighted by atomic mass is 9.89. The quantitative estimate of drug-likeness (QED) is 0.927. The molecule has 0 bridgehead atoms. The van der Waals surface area contributed by atoms with Gasteiger partial charge in [0.2, 0.25) is 5.91 Å². The van der Waals surface area contributed by atoms with Crippen molar-refractivity contribution in [2.75, 3.05) is 13.1 Å². The number of hydrogen-bond donors (Lipinski definition) is 1. The van der Waals surface area contributed by atoms with Crippen molar-refractivity contribution in [1.82, 2.24) is 14.7 Å². The minimum absolute atomic E-state index is 0.0605. The molecule has 1 fully saturated rings. The summed E-state index contributed by atoms with van der Waals surface area (Å²) in [5, 5.41) is 13.5. The predicted molar refractivity (Wildman–Crippen MR) is 93.7 cm³/mol. The van der Waals surface area contributed by atoms with E-state index in [1.54, 1.807) is 22.9 Å². The number of nitrogens with zero attached hydrogens (tertiary/aromatic N) is 3. The fourth-order valence-corrected chi connectivity index (χ4v) is 3.46. The summed E-state index contributed by atoms with van der Waals surface area (Å²) >= 11 is 0. The first kappa shape index (κ1) is 17.2. The second-order valence-electron chi connectivity index (χ2n) is 6.69. The molecule has 0 unspecified atom stereocenters. The monoisotopic (exact) mass is 341 g/mol. The van der Waals surface area contributed by atoms with E-state index in [-0.39, 0.29) is 18.4 Å². The third-order valence-electron chi connectivity index (χ3n) is 4.77. The number of carboxylic acid groups (broad SMARTS) is 1. The van der Waals surface area contributed by atoms with Crippen LogP contribution in [-0.2, 0) is 11.3 Å². The fraction of sp³-hybridized carbons (Fsp3) is 0.421. The zero-order valence-corrected chi connectivity index (χ0v) is 14.6. The molecule has 6 nitrogen and oxygen atoms in total. The highest BCUT2D eigenvalue weighted by atomic mass is 16.4. The number of rotatable bonds is 4. The third kappa shape index (κ3) is 3.90. The number of aryl methyl sites for hydroxylation is 2. The van der Waals surface area contributed by atoms with Gasteiger partial charge in [-0.3, -0.25) is 9.48 Å². The molecule has 1 aliphatic rings. The minimum Gasteiger partial charge on any atom is -0.478 e. The molecule has 25 heavy (non-hydrogen) atoms. The summed E-state index contributed by atoms with van der Waals surface area (Å²) in [4.78, 5) is 25.7. The van der Waals surface area contributed by atoms with E-state index in [1.165, 1.54) is 0 Å². The molecule has 0 aliphatic carbocycles. The second kappa shape index (κ2) is 7.09. The van der Waals surface area contributed by atoms with Crippen LogP contribution in [0.25, 0.3) is 0 Å². The zero-order valence-electron chi connectivity index (χ0n) is 14.6. The Morgan fingerprint density at radius 1 is 1.28 bits per heavy atom. The van der Waals surface area contributed by atoms with Gasteiger partial charge >= 0.3 is 5.97 Å². The molecule has 1 saturated heterocycles. The van der Waals surface area contributed by atoms with Gasteiger partial charge in [-0.15, -0.1) is 0 Å². The molecule has 1 amide bonds. The topological polar surface area (TPSA) is 75.4 Å². The molecule has 132 valence electrons. The van der Waals surface area contributed by atoms with Crippen LogP contribution in [0.5, 0.6) is 0 Å². The Bertz CT molecular complexity index is 797. The van der Waals surface area contributed by atoms with Crippen molar-refractivity contribution in [1.29, 1.82) is 0 Å². The molecular formula is C19H23N3O3. The van der Waals surface area contributed by atoms with Gasteiger partial charge in [0.15, 0.2) is 0 Å². The molecule has 2 aromatic rings. The van der Waals surface area contributed by atoms with Gasteiger partial charge in [0.1, 0.15) is 6.54 Å². The highest BCUT2D eigenvalue weighted by Gasteiger charge is 2.25. The molecule has 6 heteroatoms. The lowest BCUT2D eigenvalue weighted by molar-refractivity contribution is -0.133. The lowest BCUT2D eigenvalue weighted by Crippen LogP contribution is -2.41. The van der Waals surface area contributed by atoms with Gasteiger partial charge in [-0.05, 0) is 50.5 Å². The number of benzene rings is 1. The van der Waals surface area contributed by atoms with Crippen LogP contribution in [0, 0.1) is 13.8 Å². The van der Waals surface area contributed by atoms with Crippen LogP contribution in [-0.4, -0.2) is 44.8 Å². The van der Waals surface area contributed by atoms with Crippen molar-refractivity contribution in [3.63, 3.8) is 0 Å². The Morgan fingerprint density at radius 3 is 2.76 bits per heavy atom. The van der Waals surface area contributed by atoms with Crippen molar-refractivity contribution >= 4 is 11.9 Å². The average molecular weight is 341 g/mol. The fourth-order valence-electron chi connectivity index (χ4n) is 3.46. The van der Waals surface area contributed by atoms with Gasteiger partial charge in [0.25, 0.3) is 0 Å². The summed E-state index contributed by atoms with van der Waals surface area (Å²) in [6.45, 7) is 5.49. The highest BCUT2D eigenvalue weighted by Crippen LogP contribution is 2.27. The SMILES string of the molecule is Cc1cc(C)n(CC(=O)N2CCC[C@@H](c3cccc(C(=O)O)c3)C2)n1. The van der Waals surface area contributed by atoms with E-state index in [2.05, 4.69) is 5.10 Å². The van der Waals surface area contributed by atoms with E-state index in [1.807, 2.05) is 30.9 Å². The Hall–Kier alpha value is -2.63. The van der Waals surface area contributed by atoms with Crippen molar-refractivity contribution in [3.8, 4) is 0 Å². The molecule has 1 aromatic carbocycles. The van der Waals surface area contributed by atoms with Gasteiger partial charge in [0, 0.05) is 24.7 Å². The molecule has 1 aliphatic heterocycles. The molecule has 0 saturated carbocycles. The van der Waals surface area contributed by atoms with Gasteiger partial charge in [-0.2, -0.15) is 5.10 Å². The zero-order chi connectivity index (χ0) is 18.0. The van der Waals surface area contributed by atoms with Crippen molar-refractivity contribution in [2.45, 2.75) is 39.2 Å². The number of aromatic carboxylic acids is 1. The molecular weight excluding hydrogens is 318 g/mol. The van der Waals surface area contributed by atoms with Gasteiger partial charge < -0.3 is 10.0 Å². The van der Waals surface area contributed by atoms with Crippen LogP contribution in [0.15, 0.2) is 30.3 Å². The summed E-state index contributed by atoms with van der Waals surface area (Å²) in [6.07, 6.45) is 1.89. The van der Waals surface area contributed by atoms with Crippen LogP contribution in [0.1, 0.15) is 46.1 Å². The van der Waals surface area contributed by atoms with E-state index in [0.29, 0.717) is 12.1 Å². The van der Waals surface area contributed by atoms with Gasteiger partial charge in [0.05, 0.1) is 11.3 Å². The van der Waals surface area contributed by atoms with E-state index in [9.17, 15) is 9.59 Å². The largest absolute Gasteiger partial charge is 0.478 e. The molecule has 3 rings (SSSR count). The Balaban J connectivity index is 1.70. The average Bonchev–Trinajstić information content (AvgIpc) is 2.92. The van der Waals surface area contributed by atoms with E-state index >= 15 is 0 Å². The van der Waals surface area contributed by atoms with E-state index in [0.717, 1.165) is 36.3 Å². The van der Waals surface area contributed by atoms with E-state index < -0.39 is 5.97 Å². The first-order chi connectivity index (χ1) is 11.9. The van der Waals surface area contributed by atoms with Crippen LogP contribution in [0.3, 0.4) is 0 Å². The van der Waals surface area contributed by atoms with Crippen LogP contribution >= 0.6 is 0 Å². The number of amides is 1. The number of piperidine rings is 1.